The van der Waals surface area contributed by atoms with E-state index < -0.39 is 0 Å². The van der Waals surface area contributed by atoms with E-state index in [9.17, 15) is 4.79 Å². The molecule has 0 amide bonds. The predicted molar refractivity (Wildman–Crippen MR) is 64.8 cm³/mol. The van der Waals surface area contributed by atoms with E-state index in [0.717, 1.165) is 15.5 Å². The molecule has 3 heteroatoms. The third-order valence-corrected chi connectivity index (χ3v) is 3.08. The van der Waals surface area contributed by atoms with Crippen LogP contribution in [0.4, 0.5) is 0 Å². The molecule has 0 aliphatic heterocycles. The fourth-order valence-electron chi connectivity index (χ4n) is 1.29. The third-order valence-electron chi connectivity index (χ3n) is 2.12. The first-order chi connectivity index (χ1) is 7.75. The second-order valence-corrected chi connectivity index (χ2v) is 4.44. The Morgan fingerprint density at radius 2 is 1.88 bits per heavy atom. The van der Waals surface area contributed by atoms with Crippen molar-refractivity contribution in [2.45, 2.75) is 16.8 Å². The molecule has 0 atom stereocenters. The van der Waals surface area contributed by atoms with Gasteiger partial charge >= 0.3 is 0 Å². The molecule has 0 radical (unpaired) electrons. The number of carbonyl (C=O) groups is 1. The van der Waals surface area contributed by atoms with Crippen molar-refractivity contribution in [2.75, 3.05) is 0 Å². The van der Waals surface area contributed by atoms with Crippen molar-refractivity contribution in [3.05, 3.63) is 54.2 Å². The van der Waals surface area contributed by atoms with E-state index in [-0.39, 0.29) is 5.78 Å². The van der Waals surface area contributed by atoms with Crippen LogP contribution < -0.4 is 0 Å². The molecule has 2 rings (SSSR count). The number of ketones is 1. The van der Waals surface area contributed by atoms with Gasteiger partial charge in [-0.2, -0.15) is 0 Å². The van der Waals surface area contributed by atoms with Crippen molar-refractivity contribution in [3.63, 3.8) is 0 Å². The van der Waals surface area contributed by atoms with Crippen LogP contribution in [0.3, 0.4) is 0 Å². The standard InChI is InChI=1S/C13H11NOS/c1-10(15)11-5-7-12(8-6-11)16-13-4-2-3-9-14-13/h2-9H,1H3. The lowest BCUT2D eigenvalue weighted by Gasteiger charge is -2.01. The van der Waals surface area contributed by atoms with Crippen molar-refractivity contribution >= 4 is 17.5 Å². The van der Waals surface area contributed by atoms with Crippen LogP contribution in [0.2, 0.25) is 0 Å². The van der Waals surface area contributed by atoms with Gasteiger partial charge in [0.05, 0.1) is 0 Å². The molecular weight excluding hydrogens is 218 g/mol. The lowest BCUT2D eigenvalue weighted by atomic mass is 10.2. The van der Waals surface area contributed by atoms with Crippen molar-refractivity contribution in [3.8, 4) is 0 Å². The second kappa shape index (κ2) is 4.94. The molecule has 2 nitrogen and oxygen atoms in total. The number of carbonyl (C=O) groups excluding carboxylic acids is 1. The Balaban J connectivity index is 2.14. The number of aromatic nitrogens is 1. The maximum Gasteiger partial charge on any atom is 0.159 e. The zero-order valence-corrected chi connectivity index (χ0v) is 9.70. The molecule has 0 N–H and O–H groups in total. The van der Waals surface area contributed by atoms with Crippen LogP contribution in [-0.2, 0) is 0 Å². The average Bonchev–Trinajstić information content (AvgIpc) is 2.31. The van der Waals surface area contributed by atoms with E-state index in [0.29, 0.717) is 0 Å². The number of benzene rings is 1. The summed E-state index contributed by atoms with van der Waals surface area (Å²) in [6.45, 7) is 1.57. The number of rotatable bonds is 3. The molecule has 0 aliphatic carbocycles. The number of hydrogen-bond acceptors (Lipinski definition) is 3. The van der Waals surface area contributed by atoms with Crippen molar-refractivity contribution in [2.24, 2.45) is 0 Å². The molecular formula is C13H11NOS. The lowest BCUT2D eigenvalue weighted by Crippen LogP contribution is -1.90. The van der Waals surface area contributed by atoms with Gasteiger partial charge in [0.1, 0.15) is 5.03 Å². The molecule has 1 heterocycles. The quantitative estimate of drug-likeness (QED) is 0.755. The summed E-state index contributed by atoms with van der Waals surface area (Å²) in [5, 5.41) is 0.957. The molecule has 0 spiro atoms. The van der Waals surface area contributed by atoms with Crippen molar-refractivity contribution in [1.82, 2.24) is 4.98 Å². The highest BCUT2D eigenvalue weighted by molar-refractivity contribution is 7.99. The molecule has 0 bridgehead atoms. The lowest BCUT2D eigenvalue weighted by molar-refractivity contribution is 0.101. The van der Waals surface area contributed by atoms with Gasteiger partial charge in [-0.15, -0.1) is 0 Å². The minimum atomic E-state index is 0.0920. The van der Waals surface area contributed by atoms with Crippen molar-refractivity contribution in [1.29, 1.82) is 0 Å². The predicted octanol–water partition coefficient (Wildman–Crippen LogP) is 3.44. The van der Waals surface area contributed by atoms with Crippen LogP contribution in [0.5, 0.6) is 0 Å². The SMILES string of the molecule is CC(=O)c1ccc(Sc2ccccn2)cc1. The minimum Gasteiger partial charge on any atom is -0.295 e. The molecule has 0 fully saturated rings. The first-order valence-corrected chi connectivity index (χ1v) is 5.77. The highest BCUT2D eigenvalue weighted by atomic mass is 32.2. The summed E-state index contributed by atoms with van der Waals surface area (Å²) < 4.78 is 0. The molecule has 0 saturated carbocycles. The fourth-order valence-corrected chi connectivity index (χ4v) is 2.06. The molecule has 16 heavy (non-hydrogen) atoms. The van der Waals surface area contributed by atoms with E-state index in [1.165, 1.54) is 0 Å². The summed E-state index contributed by atoms with van der Waals surface area (Å²) in [5.74, 6) is 0.0920. The Morgan fingerprint density at radius 1 is 1.12 bits per heavy atom. The van der Waals surface area contributed by atoms with Crippen molar-refractivity contribution < 1.29 is 4.79 Å². The number of Topliss-reactive ketones (excluding diaryl/α,β-unsaturated/α-hetero) is 1. The summed E-state index contributed by atoms with van der Waals surface area (Å²) in [5.41, 5.74) is 0.741. The zero-order chi connectivity index (χ0) is 11.4. The number of nitrogens with zero attached hydrogens (tertiary/aromatic N) is 1. The molecule has 0 aliphatic rings. The van der Waals surface area contributed by atoms with E-state index >= 15 is 0 Å². The van der Waals surface area contributed by atoms with E-state index in [2.05, 4.69) is 4.98 Å². The van der Waals surface area contributed by atoms with Crippen LogP contribution in [0, 0.1) is 0 Å². The Labute approximate surface area is 98.7 Å². The van der Waals surface area contributed by atoms with Crippen LogP contribution in [-0.4, -0.2) is 10.8 Å². The topological polar surface area (TPSA) is 30.0 Å². The van der Waals surface area contributed by atoms with Crippen LogP contribution in [0.15, 0.2) is 58.6 Å². The number of pyridine rings is 1. The highest BCUT2D eigenvalue weighted by Crippen LogP contribution is 2.25. The van der Waals surface area contributed by atoms with Gasteiger partial charge < -0.3 is 0 Å². The summed E-state index contributed by atoms with van der Waals surface area (Å²) in [6.07, 6.45) is 1.77. The average molecular weight is 229 g/mol. The van der Waals surface area contributed by atoms with Gasteiger partial charge in [0.2, 0.25) is 0 Å². The summed E-state index contributed by atoms with van der Waals surface area (Å²) in [4.78, 5) is 16.4. The Kier molecular flexibility index (Phi) is 3.37. The normalized spacial score (nSPS) is 10.1. The smallest absolute Gasteiger partial charge is 0.159 e. The van der Waals surface area contributed by atoms with Crippen LogP contribution >= 0.6 is 11.8 Å². The van der Waals surface area contributed by atoms with Crippen LogP contribution in [0.25, 0.3) is 0 Å². The molecule has 1 aromatic carbocycles. The van der Waals surface area contributed by atoms with Gasteiger partial charge in [0, 0.05) is 16.7 Å². The van der Waals surface area contributed by atoms with E-state index in [4.69, 9.17) is 0 Å². The summed E-state index contributed by atoms with van der Waals surface area (Å²) >= 11 is 1.59. The largest absolute Gasteiger partial charge is 0.295 e. The van der Waals surface area contributed by atoms with Gasteiger partial charge in [-0.25, -0.2) is 4.98 Å². The Hall–Kier alpha value is -1.61. The van der Waals surface area contributed by atoms with E-state index in [1.807, 2.05) is 42.5 Å². The zero-order valence-electron chi connectivity index (χ0n) is 8.88. The Bertz CT molecular complexity index is 479. The van der Waals surface area contributed by atoms with Gasteiger partial charge in [0.25, 0.3) is 0 Å². The summed E-state index contributed by atoms with van der Waals surface area (Å²) in [7, 11) is 0. The highest BCUT2D eigenvalue weighted by Gasteiger charge is 2.00. The third kappa shape index (κ3) is 2.70. The molecule has 80 valence electrons. The van der Waals surface area contributed by atoms with Gasteiger partial charge in [-0.1, -0.05) is 30.0 Å². The molecule has 0 saturated heterocycles. The Morgan fingerprint density at radius 3 is 2.44 bits per heavy atom. The number of hydrogen-bond donors (Lipinski definition) is 0. The van der Waals surface area contributed by atoms with E-state index in [1.54, 1.807) is 24.9 Å². The first-order valence-electron chi connectivity index (χ1n) is 4.95. The van der Waals surface area contributed by atoms with Gasteiger partial charge in [-0.05, 0) is 31.2 Å². The molecule has 1 aromatic heterocycles. The fraction of sp³-hybridized carbons (Fsp3) is 0.0769. The van der Waals surface area contributed by atoms with Gasteiger partial charge in [0.15, 0.2) is 5.78 Å². The molecule has 2 aromatic rings. The minimum absolute atomic E-state index is 0.0920. The summed E-state index contributed by atoms with van der Waals surface area (Å²) in [6, 6.07) is 13.4. The monoisotopic (exact) mass is 229 g/mol. The first kappa shape index (κ1) is 10.9. The maximum atomic E-state index is 11.1. The maximum absolute atomic E-state index is 11.1. The molecule has 0 unspecified atom stereocenters. The second-order valence-electron chi connectivity index (χ2n) is 3.35. The van der Waals surface area contributed by atoms with Gasteiger partial charge in [-0.3, -0.25) is 4.79 Å². The van der Waals surface area contributed by atoms with Crippen LogP contribution in [0.1, 0.15) is 17.3 Å².